The first-order chi connectivity index (χ1) is 13.8. The van der Waals surface area contributed by atoms with Crippen LogP contribution in [0, 0.1) is 11.3 Å². The normalized spacial score (nSPS) is 25.6. The van der Waals surface area contributed by atoms with Gasteiger partial charge in [0.2, 0.25) is 0 Å². The van der Waals surface area contributed by atoms with Crippen molar-refractivity contribution in [3.8, 4) is 0 Å². The summed E-state index contributed by atoms with van der Waals surface area (Å²) in [6.07, 6.45) is 12.3. The maximum absolute atomic E-state index is 2.62. The molecular weight excluding hydrogens is 360 g/mol. The van der Waals surface area contributed by atoms with E-state index in [9.17, 15) is 0 Å². The zero-order chi connectivity index (χ0) is 22.1. The van der Waals surface area contributed by atoms with E-state index < -0.39 is 0 Å². The van der Waals surface area contributed by atoms with Crippen molar-refractivity contribution in [3.05, 3.63) is 81.5 Å². The molecule has 1 aromatic rings. The van der Waals surface area contributed by atoms with Crippen LogP contribution in [0.1, 0.15) is 97.8 Å². The van der Waals surface area contributed by atoms with Crippen LogP contribution < -0.4 is 0 Å². The molecule has 3 aliphatic rings. The minimum Gasteiger partial charge on any atom is -0.0813 e. The van der Waals surface area contributed by atoms with Crippen molar-refractivity contribution in [2.45, 2.75) is 91.9 Å². The van der Waals surface area contributed by atoms with E-state index in [4.69, 9.17) is 0 Å². The molecule has 2 atom stereocenters. The number of hydrogen-bond donors (Lipinski definition) is 0. The fourth-order valence-electron chi connectivity index (χ4n) is 5.65. The lowest BCUT2D eigenvalue weighted by Gasteiger charge is -2.38. The zero-order valence-electron chi connectivity index (χ0n) is 20.6. The standard InChI is InChI=1S/C30H40/c1-19-11-10-12-20(15-19)24-16-22(29(5,6)7)18-26-27(24)23-14-13-21(28(2,3)4)17-25(23)30(26,8)9/h11,13-18,26-27H,10,12H2,1-9H3. The van der Waals surface area contributed by atoms with E-state index in [0.29, 0.717) is 11.8 Å². The Hall–Kier alpha value is -1.82. The lowest BCUT2D eigenvalue weighted by Crippen LogP contribution is -2.29. The largest absolute Gasteiger partial charge is 0.0813 e. The fraction of sp³-hybridized carbons (Fsp3) is 0.533. The number of rotatable bonds is 1. The molecule has 0 N–H and O–H groups in total. The predicted octanol–water partition coefficient (Wildman–Crippen LogP) is 8.55. The number of benzene rings is 1. The first-order valence-electron chi connectivity index (χ1n) is 11.8. The Morgan fingerprint density at radius 1 is 0.933 bits per heavy atom. The van der Waals surface area contributed by atoms with Crippen molar-refractivity contribution >= 4 is 0 Å². The maximum atomic E-state index is 2.62. The van der Waals surface area contributed by atoms with Crippen LogP contribution in [-0.2, 0) is 10.8 Å². The van der Waals surface area contributed by atoms with Crippen molar-refractivity contribution in [2.24, 2.45) is 11.3 Å². The van der Waals surface area contributed by atoms with Gasteiger partial charge in [0.05, 0.1) is 0 Å². The van der Waals surface area contributed by atoms with Crippen LogP contribution in [0.25, 0.3) is 0 Å². The Kier molecular flexibility index (Phi) is 4.88. The topological polar surface area (TPSA) is 0 Å². The molecule has 0 aliphatic heterocycles. The second kappa shape index (κ2) is 6.84. The van der Waals surface area contributed by atoms with E-state index >= 15 is 0 Å². The van der Waals surface area contributed by atoms with Gasteiger partial charge in [-0.15, -0.1) is 0 Å². The summed E-state index contributed by atoms with van der Waals surface area (Å²) in [5.41, 5.74) is 11.1. The summed E-state index contributed by atoms with van der Waals surface area (Å²) in [5, 5.41) is 0. The number of allylic oxidation sites excluding steroid dienone is 8. The molecule has 2 unspecified atom stereocenters. The van der Waals surface area contributed by atoms with E-state index in [0.717, 1.165) is 0 Å². The van der Waals surface area contributed by atoms with Crippen LogP contribution in [0.15, 0.2) is 64.8 Å². The van der Waals surface area contributed by atoms with Crippen LogP contribution in [0.3, 0.4) is 0 Å². The highest BCUT2D eigenvalue weighted by Crippen LogP contribution is 2.59. The van der Waals surface area contributed by atoms with Gasteiger partial charge in [-0.2, -0.15) is 0 Å². The second-order valence-electron chi connectivity index (χ2n) is 12.4. The van der Waals surface area contributed by atoms with Crippen molar-refractivity contribution < 1.29 is 0 Å². The van der Waals surface area contributed by atoms with Crippen LogP contribution in [0.5, 0.6) is 0 Å². The molecule has 3 aliphatic carbocycles. The third-order valence-electron chi connectivity index (χ3n) is 7.66. The Balaban J connectivity index is 1.93. The van der Waals surface area contributed by atoms with Gasteiger partial charge in [0, 0.05) is 5.92 Å². The molecule has 0 nitrogen and oxygen atoms in total. The van der Waals surface area contributed by atoms with Crippen molar-refractivity contribution in [2.75, 3.05) is 0 Å². The molecule has 0 aromatic heterocycles. The summed E-state index contributed by atoms with van der Waals surface area (Å²) < 4.78 is 0. The molecule has 160 valence electrons. The SMILES string of the molecule is CC1=CCCC(C2=CC(C(C)(C)C)=CC3C2c2ccc(C(C)(C)C)cc2C3(C)C)=C1. The van der Waals surface area contributed by atoms with Crippen molar-refractivity contribution in [1.82, 2.24) is 0 Å². The molecular formula is C30H40. The monoisotopic (exact) mass is 400 g/mol. The molecule has 30 heavy (non-hydrogen) atoms. The molecule has 0 bridgehead atoms. The van der Waals surface area contributed by atoms with E-state index in [1.54, 1.807) is 22.3 Å². The van der Waals surface area contributed by atoms with E-state index in [-0.39, 0.29) is 16.2 Å². The molecule has 0 heteroatoms. The van der Waals surface area contributed by atoms with Crippen LogP contribution in [-0.4, -0.2) is 0 Å². The highest BCUT2D eigenvalue weighted by molar-refractivity contribution is 5.60. The van der Waals surface area contributed by atoms with Gasteiger partial charge in [0.15, 0.2) is 0 Å². The maximum Gasteiger partial charge on any atom is 0.0166 e. The number of fused-ring (bicyclic) bond motifs is 3. The second-order valence-corrected chi connectivity index (χ2v) is 12.4. The lowest BCUT2D eigenvalue weighted by atomic mass is 9.66. The van der Waals surface area contributed by atoms with Gasteiger partial charge in [-0.25, -0.2) is 0 Å². The summed E-state index contributed by atoms with van der Waals surface area (Å²) in [5.74, 6) is 0.997. The molecule has 0 fully saturated rings. The Bertz CT molecular complexity index is 989. The molecule has 0 amide bonds. The minimum atomic E-state index is 0.136. The molecule has 0 heterocycles. The lowest BCUT2D eigenvalue weighted by molar-refractivity contribution is 0.375. The summed E-state index contributed by atoms with van der Waals surface area (Å²) in [6.45, 7) is 21.3. The van der Waals surface area contributed by atoms with Crippen molar-refractivity contribution in [3.63, 3.8) is 0 Å². The molecule has 4 rings (SSSR count). The third kappa shape index (κ3) is 3.47. The van der Waals surface area contributed by atoms with E-state index in [2.05, 4.69) is 105 Å². The Morgan fingerprint density at radius 2 is 1.63 bits per heavy atom. The van der Waals surface area contributed by atoms with Crippen molar-refractivity contribution in [1.29, 1.82) is 0 Å². The van der Waals surface area contributed by atoms with Gasteiger partial charge in [-0.05, 0) is 75.3 Å². The predicted molar refractivity (Wildman–Crippen MR) is 131 cm³/mol. The molecule has 0 spiro atoms. The van der Waals surface area contributed by atoms with Gasteiger partial charge in [-0.1, -0.05) is 103 Å². The third-order valence-corrected chi connectivity index (χ3v) is 7.66. The average molecular weight is 401 g/mol. The Labute approximate surface area is 184 Å². The fourth-order valence-corrected chi connectivity index (χ4v) is 5.65. The summed E-state index contributed by atoms with van der Waals surface area (Å²) in [6, 6.07) is 7.37. The van der Waals surface area contributed by atoms with E-state index in [1.807, 2.05) is 0 Å². The highest BCUT2D eigenvalue weighted by atomic mass is 14.5. The summed E-state index contributed by atoms with van der Waals surface area (Å²) in [4.78, 5) is 0. The van der Waals surface area contributed by atoms with Crippen LogP contribution >= 0.6 is 0 Å². The van der Waals surface area contributed by atoms with Gasteiger partial charge in [0.25, 0.3) is 0 Å². The first-order valence-corrected chi connectivity index (χ1v) is 11.8. The minimum absolute atomic E-state index is 0.136. The molecule has 0 saturated heterocycles. The summed E-state index contributed by atoms with van der Waals surface area (Å²) >= 11 is 0. The summed E-state index contributed by atoms with van der Waals surface area (Å²) in [7, 11) is 0. The molecule has 1 aromatic carbocycles. The van der Waals surface area contributed by atoms with Gasteiger partial charge >= 0.3 is 0 Å². The van der Waals surface area contributed by atoms with Gasteiger partial charge in [0.1, 0.15) is 0 Å². The van der Waals surface area contributed by atoms with Gasteiger partial charge in [-0.3, -0.25) is 0 Å². The molecule has 0 radical (unpaired) electrons. The average Bonchev–Trinajstić information content (AvgIpc) is 2.87. The van der Waals surface area contributed by atoms with E-state index in [1.165, 1.54) is 29.6 Å². The molecule has 0 saturated carbocycles. The number of hydrogen-bond acceptors (Lipinski definition) is 0. The quantitative estimate of drug-likeness (QED) is 0.443. The smallest absolute Gasteiger partial charge is 0.0166 e. The van der Waals surface area contributed by atoms with Crippen LogP contribution in [0.2, 0.25) is 0 Å². The zero-order valence-corrected chi connectivity index (χ0v) is 20.6. The highest BCUT2D eigenvalue weighted by Gasteiger charge is 2.49. The van der Waals surface area contributed by atoms with Crippen LogP contribution in [0.4, 0.5) is 0 Å². The Morgan fingerprint density at radius 3 is 2.23 bits per heavy atom. The van der Waals surface area contributed by atoms with Gasteiger partial charge < -0.3 is 0 Å². The first kappa shape index (κ1) is 21.4.